The van der Waals surface area contributed by atoms with Gasteiger partial charge in [0, 0.05) is 18.3 Å². The lowest BCUT2D eigenvalue weighted by atomic mass is 9.93. The molecule has 1 aliphatic heterocycles. The van der Waals surface area contributed by atoms with Crippen molar-refractivity contribution in [3.63, 3.8) is 0 Å². The topological polar surface area (TPSA) is 93.0 Å². The zero-order valence-electron chi connectivity index (χ0n) is 11.3. The van der Waals surface area contributed by atoms with E-state index in [2.05, 4.69) is 15.5 Å². The molecule has 3 atom stereocenters. The number of nitrogens with zero attached hydrogens (tertiary/aromatic N) is 1. The second kappa shape index (κ2) is 6.56. The fraction of sp³-hybridized carbons (Fsp3) is 0.692. The van der Waals surface area contributed by atoms with Crippen molar-refractivity contribution in [1.29, 1.82) is 0 Å². The van der Waals surface area contributed by atoms with Crippen LogP contribution in [-0.4, -0.2) is 40.9 Å². The van der Waals surface area contributed by atoms with Crippen molar-refractivity contribution < 1.29 is 9.53 Å². The number of rotatable bonds is 3. The molecule has 1 aromatic rings. The Kier molecular flexibility index (Phi) is 5.01. The van der Waals surface area contributed by atoms with E-state index >= 15 is 0 Å². The molecule has 1 unspecified atom stereocenters. The molecule has 1 aromatic heterocycles. The summed E-state index contributed by atoms with van der Waals surface area (Å²) in [5, 5.41) is 10.1. The third-order valence-corrected chi connectivity index (χ3v) is 4.03. The number of nitrogens with two attached hydrogens (primary N) is 1. The third-order valence-electron chi connectivity index (χ3n) is 4.03. The van der Waals surface area contributed by atoms with Gasteiger partial charge in [0.1, 0.15) is 6.10 Å². The molecule has 0 aromatic carbocycles. The van der Waals surface area contributed by atoms with Gasteiger partial charge in [-0.15, -0.1) is 12.4 Å². The number of hydrogen-bond acceptors (Lipinski definition) is 4. The molecule has 1 saturated heterocycles. The van der Waals surface area contributed by atoms with Crippen molar-refractivity contribution in [1.82, 2.24) is 15.5 Å². The summed E-state index contributed by atoms with van der Waals surface area (Å²) in [6, 6.07) is 0.193. The lowest BCUT2D eigenvalue weighted by Gasteiger charge is -2.24. The average molecular weight is 301 g/mol. The van der Waals surface area contributed by atoms with Crippen LogP contribution in [-0.2, 0) is 22.4 Å². The van der Waals surface area contributed by atoms with Gasteiger partial charge in [-0.2, -0.15) is 5.10 Å². The summed E-state index contributed by atoms with van der Waals surface area (Å²) in [6.07, 6.45) is 5.98. The van der Waals surface area contributed by atoms with E-state index in [4.69, 9.17) is 10.5 Å². The second-order valence-electron chi connectivity index (χ2n) is 5.38. The van der Waals surface area contributed by atoms with Gasteiger partial charge in [-0.05, 0) is 37.7 Å². The normalized spacial score (nSPS) is 28.6. The first-order valence-corrected chi connectivity index (χ1v) is 6.93. The van der Waals surface area contributed by atoms with Crippen LogP contribution in [0, 0.1) is 0 Å². The van der Waals surface area contributed by atoms with Gasteiger partial charge in [0.25, 0.3) is 0 Å². The molecule has 0 radical (unpaired) electrons. The molecule has 2 aliphatic rings. The van der Waals surface area contributed by atoms with Gasteiger partial charge in [0.05, 0.1) is 12.3 Å². The zero-order chi connectivity index (χ0) is 13.2. The van der Waals surface area contributed by atoms with Crippen molar-refractivity contribution in [2.45, 2.75) is 50.4 Å². The minimum absolute atomic E-state index is 0. The van der Waals surface area contributed by atoms with Crippen molar-refractivity contribution in [3.8, 4) is 0 Å². The van der Waals surface area contributed by atoms with Crippen LogP contribution in [0.5, 0.6) is 0 Å². The first-order valence-electron chi connectivity index (χ1n) is 6.93. The Hall–Kier alpha value is -1.11. The van der Waals surface area contributed by atoms with Crippen molar-refractivity contribution in [3.05, 3.63) is 17.5 Å². The monoisotopic (exact) mass is 300 g/mol. The molecule has 1 aliphatic carbocycles. The summed E-state index contributed by atoms with van der Waals surface area (Å²) in [7, 11) is 0. The summed E-state index contributed by atoms with van der Waals surface area (Å²) in [4.78, 5) is 12.1. The molecule has 2 heterocycles. The van der Waals surface area contributed by atoms with Gasteiger partial charge >= 0.3 is 0 Å². The lowest BCUT2D eigenvalue weighted by molar-refractivity contribution is -0.132. The minimum Gasteiger partial charge on any atom is -0.364 e. The fourth-order valence-corrected chi connectivity index (χ4v) is 2.91. The standard InChI is InChI=1S/C13H20N4O2.ClH/c14-6-10-2-4-12(19-10)13(18)16-9-1-3-11-8(5-9)7-15-17-11;/h7,9-10,12H,1-6,14H2,(H,15,17)(H,16,18);1H/t9?,10-,12+;/m1./s1. The molecule has 0 spiro atoms. The first kappa shape index (κ1) is 15.3. The van der Waals surface area contributed by atoms with Crippen LogP contribution in [0.1, 0.15) is 30.5 Å². The number of nitrogens with one attached hydrogen (secondary N) is 2. The van der Waals surface area contributed by atoms with Crippen molar-refractivity contribution in [2.24, 2.45) is 5.73 Å². The van der Waals surface area contributed by atoms with Gasteiger partial charge < -0.3 is 15.8 Å². The number of aromatic nitrogens is 2. The van der Waals surface area contributed by atoms with E-state index in [0.29, 0.717) is 6.54 Å². The van der Waals surface area contributed by atoms with E-state index in [1.807, 2.05) is 6.20 Å². The van der Waals surface area contributed by atoms with Gasteiger partial charge in [0.2, 0.25) is 5.91 Å². The first-order chi connectivity index (χ1) is 9.26. The molecular weight excluding hydrogens is 280 g/mol. The van der Waals surface area contributed by atoms with E-state index in [0.717, 1.165) is 32.1 Å². The van der Waals surface area contributed by atoms with Crippen LogP contribution in [0.2, 0.25) is 0 Å². The van der Waals surface area contributed by atoms with Gasteiger partial charge in [-0.25, -0.2) is 0 Å². The molecule has 20 heavy (non-hydrogen) atoms. The second-order valence-corrected chi connectivity index (χ2v) is 5.38. The van der Waals surface area contributed by atoms with E-state index in [-0.39, 0.29) is 36.6 Å². The van der Waals surface area contributed by atoms with Crippen LogP contribution >= 0.6 is 12.4 Å². The van der Waals surface area contributed by atoms with E-state index < -0.39 is 0 Å². The van der Waals surface area contributed by atoms with Crippen molar-refractivity contribution >= 4 is 18.3 Å². The fourth-order valence-electron chi connectivity index (χ4n) is 2.91. The average Bonchev–Trinajstić information content (AvgIpc) is 3.06. The molecule has 1 amide bonds. The molecule has 1 fully saturated rings. The van der Waals surface area contributed by atoms with E-state index in [1.165, 1.54) is 11.3 Å². The van der Waals surface area contributed by atoms with Crippen LogP contribution in [0.3, 0.4) is 0 Å². The number of amides is 1. The number of carbonyl (C=O) groups is 1. The molecule has 3 rings (SSSR count). The minimum atomic E-state index is -0.320. The number of aromatic amines is 1. The summed E-state index contributed by atoms with van der Waals surface area (Å²) in [5.41, 5.74) is 7.97. The highest BCUT2D eigenvalue weighted by Crippen LogP contribution is 2.21. The number of H-pyrrole nitrogens is 1. The smallest absolute Gasteiger partial charge is 0.249 e. The van der Waals surface area contributed by atoms with Crippen LogP contribution < -0.4 is 11.1 Å². The number of halogens is 1. The molecule has 7 heteroatoms. The van der Waals surface area contributed by atoms with E-state index in [1.54, 1.807) is 0 Å². The van der Waals surface area contributed by atoms with Gasteiger partial charge in [-0.1, -0.05) is 0 Å². The number of carbonyl (C=O) groups excluding carboxylic acids is 1. The van der Waals surface area contributed by atoms with Crippen LogP contribution in [0.4, 0.5) is 0 Å². The highest BCUT2D eigenvalue weighted by molar-refractivity contribution is 5.85. The van der Waals surface area contributed by atoms with Crippen molar-refractivity contribution in [2.75, 3.05) is 6.54 Å². The predicted octanol–water partition coefficient (Wildman–Crippen LogP) is 0.311. The summed E-state index contributed by atoms with van der Waals surface area (Å²) in [5.74, 6) is 0.00731. The molecule has 6 nitrogen and oxygen atoms in total. The van der Waals surface area contributed by atoms with Crippen LogP contribution in [0.15, 0.2) is 6.20 Å². The Labute approximate surface area is 124 Å². The maximum Gasteiger partial charge on any atom is 0.249 e. The maximum atomic E-state index is 12.1. The Morgan fingerprint density at radius 1 is 1.50 bits per heavy atom. The van der Waals surface area contributed by atoms with Gasteiger partial charge in [0.15, 0.2) is 0 Å². The Morgan fingerprint density at radius 3 is 3.10 bits per heavy atom. The van der Waals surface area contributed by atoms with E-state index in [9.17, 15) is 4.79 Å². The lowest BCUT2D eigenvalue weighted by Crippen LogP contribution is -2.44. The zero-order valence-corrected chi connectivity index (χ0v) is 12.1. The SMILES string of the molecule is Cl.NC[C@H]1CC[C@@H](C(=O)NC2CCc3[nH]ncc3C2)O1. The number of hydrogen-bond donors (Lipinski definition) is 3. The third kappa shape index (κ3) is 3.13. The largest absolute Gasteiger partial charge is 0.364 e. The summed E-state index contributed by atoms with van der Waals surface area (Å²) >= 11 is 0. The molecular formula is C13H21ClN4O2. The highest BCUT2D eigenvalue weighted by Gasteiger charge is 2.31. The highest BCUT2D eigenvalue weighted by atomic mass is 35.5. The van der Waals surface area contributed by atoms with Crippen LogP contribution in [0.25, 0.3) is 0 Å². The molecule has 4 N–H and O–H groups in total. The van der Waals surface area contributed by atoms with Gasteiger partial charge in [-0.3, -0.25) is 9.89 Å². The Morgan fingerprint density at radius 2 is 2.35 bits per heavy atom. The Bertz CT molecular complexity index is 465. The molecule has 112 valence electrons. The maximum absolute atomic E-state index is 12.1. The number of ether oxygens (including phenoxy) is 1. The summed E-state index contributed by atoms with van der Waals surface area (Å²) < 4.78 is 5.61. The number of fused-ring (bicyclic) bond motifs is 1. The summed E-state index contributed by atoms with van der Waals surface area (Å²) in [6.45, 7) is 0.492. The Balaban J connectivity index is 0.00000147. The predicted molar refractivity (Wildman–Crippen MR) is 76.7 cm³/mol. The quantitative estimate of drug-likeness (QED) is 0.749. The molecule has 0 bridgehead atoms. The molecule has 0 saturated carbocycles. The number of aryl methyl sites for hydroxylation is 1.